The zero-order chi connectivity index (χ0) is 20.4. The Morgan fingerprint density at radius 1 is 0.655 bits per heavy atom. The summed E-state index contributed by atoms with van der Waals surface area (Å²) >= 11 is 2.87. The van der Waals surface area contributed by atoms with E-state index in [1.807, 2.05) is 79.7 Å². The smallest absolute Gasteiger partial charge is 0.138 e. The summed E-state index contributed by atoms with van der Waals surface area (Å²) in [5.74, 6) is 1.13. The summed E-state index contributed by atoms with van der Waals surface area (Å²) in [6.07, 6.45) is 0. The van der Waals surface area contributed by atoms with Gasteiger partial charge < -0.3 is 14.9 Å². The molecule has 2 N–H and O–H groups in total. The SMILES string of the molecule is COc1ccc(Sc2c(Sc3ccc(C)cc3)c(O)c3ccccc3c2O)cc1. The van der Waals surface area contributed by atoms with E-state index in [0.29, 0.717) is 20.6 Å². The van der Waals surface area contributed by atoms with Crippen LogP contribution < -0.4 is 4.74 Å². The van der Waals surface area contributed by atoms with Crippen LogP contribution in [0.3, 0.4) is 0 Å². The van der Waals surface area contributed by atoms with Crippen LogP contribution in [0.5, 0.6) is 17.2 Å². The van der Waals surface area contributed by atoms with Gasteiger partial charge in [-0.15, -0.1) is 0 Å². The molecular weight excluding hydrogens is 400 g/mol. The normalized spacial score (nSPS) is 11.0. The number of aryl methyl sites for hydroxylation is 1. The number of benzene rings is 4. The van der Waals surface area contributed by atoms with Crippen LogP contribution in [-0.2, 0) is 0 Å². The van der Waals surface area contributed by atoms with Crippen molar-refractivity contribution in [3.63, 3.8) is 0 Å². The van der Waals surface area contributed by atoms with Gasteiger partial charge in [0.15, 0.2) is 0 Å². The van der Waals surface area contributed by atoms with Crippen molar-refractivity contribution in [2.24, 2.45) is 0 Å². The number of phenolic OH excluding ortho intramolecular Hbond substituents is 2. The topological polar surface area (TPSA) is 49.7 Å². The van der Waals surface area contributed by atoms with Crippen LogP contribution in [0.25, 0.3) is 10.8 Å². The highest BCUT2D eigenvalue weighted by Crippen LogP contribution is 2.52. The number of methoxy groups -OCH3 is 1. The van der Waals surface area contributed by atoms with Crippen LogP contribution in [-0.4, -0.2) is 17.3 Å². The fraction of sp³-hybridized carbons (Fsp3) is 0.0833. The van der Waals surface area contributed by atoms with Gasteiger partial charge in [-0.1, -0.05) is 65.5 Å². The van der Waals surface area contributed by atoms with Crippen molar-refractivity contribution in [1.29, 1.82) is 0 Å². The van der Waals surface area contributed by atoms with Gasteiger partial charge in [0.1, 0.15) is 17.2 Å². The molecule has 0 aliphatic heterocycles. The maximum atomic E-state index is 11.1. The molecule has 0 aliphatic carbocycles. The summed E-state index contributed by atoms with van der Waals surface area (Å²) in [7, 11) is 1.63. The number of hydrogen-bond donors (Lipinski definition) is 2. The maximum Gasteiger partial charge on any atom is 0.138 e. The minimum atomic E-state index is 0.175. The molecule has 0 saturated carbocycles. The predicted octanol–water partition coefficient (Wildman–Crippen LogP) is 6.87. The molecule has 0 atom stereocenters. The van der Waals surface area contributed by atoms with Crippen molar-refractivity contribution >= 4 is 34.3 Å². The van der Waals surface area contributed by atoms with E-state index in [2.05, 4.69) is 0 Å². The highest BCUT2D eigenvalue weighted by atomic mass is 32.2. The van der Waals surface area contributed by atoms with E-state index in [1.165, 1.54) is 29.1 Å². The number of fused-ring (bicyclic) bond motifs is 1. The average molecular weight is 421 g/mol. The van der Waals surface area contributed by atoms with Gasteiger partial charge in [-0.05, 0) is 43.3 Å². The van der Waals surface area contributed by atoms with Crippen molar-refractivity contribution in [3.05, 3.63) is 78.4 Å². The number of phenols is 2. The monoisotopic (exact) mass is 420 g/mol. The third-order valence-electron chi connectivity index (χ3n) is 4.59. The van der Waals surface area contributed by atoms with E-state index in [0.717, 1.165) is 15.5 Å². The van der Waals surface area contributed by atoms with Gasteiger partial charge in [-0.25, -0.2) is 0 Å². The molecule has 0 amide bonds. The lowest BCUT2D eigenvalue weighted by atomic mass is 10.1. The minimum absolute atomic E-state index is 0.175. The van der Waals surface area contributed by atoms with Crippen LogP contribution in [0.2, 0.25) is 0 Å². The Balaban J connectivity index is 1.85. The largest absolute Gasteiger partial charge is 0.506 e. The third-order valence-corrected chi connectivity index (χ3v) is 6.94. The first-order valence-corrected chi connectivity index (χ1v) is 10.7. The molecule has 3 nitrogen and oxygen atoms in total. The lowest BCUT2D eigenvalue weighted by molar-refractivity contribution is 0.414. The van der Waals surface area contributed by atoms with Gasteiger partial charge in [-0.3, -0.25) is 0 Å². The molecule has 0 aliphatic rings. The summed E-state index contributed by atoms with van der Waals surface area (Å²) in [4.78, 5) is 3.22. The first kappa shape index (κ1) is 19.6. The van der Waals surface area contributed by atoms with Gasteiger partial charge in [0.05, 0.1) is 16.9 Å². The Hall–Kier alpha value is -2.76. The van der Waals surface area contributed by atoms with Crippen LogP contribution in [0.4, 0.5) is 0 Å². The fourth-order valence-corrected chi connectivity index (χ4v) is 5.09. The maximum absolute atomic E-state index is 11.1. The molecule has 29 heavy (non-hydrogen) atoms. The second-order valence-electron chi connectivity index (χ2n) is 6.59. The summed E-state index contributed by atoms with van der Waals surface area (Å²) in [6, 6.07) is 23.1. The summed E-state index contributed by atoms with van der Waals surface area (Å²) in [5, 5.41) is 23.4. The highest BCUT2D eigenvalue weighted by molar-refractivity contribution is 8.02. The van der Waals surface area contributed by atoms with Crippen molar-refractivity contribution in [3.8, 4) is 17.2 Å². The summed E-state index contributed by atoms with van der Waals surface area (Å²) < 4.78 is 5.23. The molecule has 146 valence electrons. The Labute approximate surface area is 178 Å². The molecule has 0 spiro atoms. The highest BCUT2D eigenvalue weighted by Gasteiger charge is 2.21. The van der Waals surface area contributed by atoms with E-state index in [4.69, 9.17) is 4.74 Å². The van der Waals surface area contributed by atoms with Gasteiger partial charge >= 0.3 is 0 Å². The molecule has 5 heteroatoms. The molecule has 0 radical (unpaired) electrons. The van der Waals surface area contributed by atoms with Crippen molar-refractivity contribution in [2.45, 2.75) is 26.5 Å². The first-order valence-electron chi connectivity index (χ1n) is 9.10. The molecule has 0 bridgehead atoms. The van der Waals surface area contributed by atoms with E-state index in [9.17, 15) is 10.2 Å². The third kappa shape index (κ3) is 4.02. The van der Waals surface area contributed by atoms with E-state index in [1.54, 1.807) is 7.11 Å². The van der Waals surface area contributed by atoms with E-state index < -0.39 is 0 Å². The lowest BCUT2D eigenvalue weighted by Crippen LogP contribution is -1.87. The quantitative estimate of drug-likeness (QED) is 0.345. The second kappa shape index (κ2) is 8.31. The standard InChI is InChI=1S/C24H20O3S2/c1-15-7-11-17(12-8-15)28-23-21(25)19-5-3-4-6-20(19)22(26)24(23)29-18-13-9-16(27-2)10-14-18/h3-14,25-26H,1-2H3. The number of rotatable bonds is 5. The fourth-order valence-electron chi connectivity index (χ4n) is 3.03. The van der Waals surface area contributed by atoms with Crippen molar-refractivity contribution in [2.75, 3.05) is 7.11 Å². The molecular formula is C24H20O3S2. The van der Waals surface area contributed by atoms with Gasteiger partial charge in [0.25, 0.3) is 0 Å². The molecule has 0 heterocycles. The molecule has 0 aromatic heterocycles. The first-order chi connectivity index (χ1) is 14.1. The Bertz CT molecular complexity index is 1150. The van der Waals surface area contributed by atoms with Gasteiger partial charge in [-0.2, -0.15) is 0 Å². The lowest BCUT2D eigenvalue weighted by Gasteiger charge is -2.16. The molecule has 4 aromatic rings. The van der Waals surface area contributed by atoms with Gasteiger partial charge in [0.2, 0.25) is 0 Å². The number of hydrogen-bond acceptors (Lipinski definition) is 5. The van der Waals surface area contributed by atoms with Crippen LogP contribution >= 0.6 is 23.5 Å². The molecule has 0 saturated heterocycles. The van der Waals surface area contributed by atoms with Crippen molar-refractivity contribution < 1.29 is 14.9 Å². The van der Waals surface area contributed by atoms with Crippen LogP contribution in [0.1, 0.15) is 5.56 Å². The number of ether oxygens (including phenoxy) is 1. The Morgan fingerprint density at radius 2 is 1.10 bits per heavy atom. The zero-order valence-corrected chi connectivity index (χ0v) is 17.7. The van der Waals surface area contributed by atoms with Gasteiger partial charge in [0, 0.05) is 20.6 Å². The predicted molar refractivity (Wildman–Crippen MR) is 120 cm³/mol. The van der Waals surface area contributed by atoms with Crippen molar-refractivity contribution in [1.82, 2.24) is 0 Å². The Morgan fingerprint density at radius 3 is 1.55 bits per heavy atom. The molecule has 4 rings (SSSR count). The molecule has 4 aromatic carbocycles. The van der Waals surface area contributed by atoms with Crippen LogP contribution in [0, 0.1) is 6.92 Å². The van der Waals surface area contributed by atoms with E-state index >= 15 is 0 Å². The van der Waals surface area contributed by atoms with Crippen LogP contribution in [0.15, 0.2) is 92.4 Å². The summed E-state index contributed by atoms with van der Waals surface area (Å²) in [5.41, 5.74) is 1.17. The minimum Gasteiger partial charge on any atom is -0.506 e. The second-order valence-corrected chi connectivity index (χ2v) is 8.76. The van der Waals surface area contributed by atoms with E-state index in [-0.39, 0.29) is 11.5 Å². The Kier molecular flexibility index (Phi) is 5.60. The average Bonchev–Trinajstić information content (AvgIpc) is 2.76. The zero-order valence-electron chi connectivity index (χ0n) is 16.0. The molecule has 0 unspecified atom stereocenters. The summed E-state index contributed by atoms with van der Waals surface area (Å²) in [6.45, 7) is 2.04. The number of aromatic hydroxyl groups is 2. The molecule has 0 fully saturated rings.